The molecular formula is C13H15BrO. The van der Waals surface area contributed by atoms with E-state index in [0.717, 1.165) is 15.6 Å². The van der Waals surface area contributed by atoms with Crippen LogP contribution in [0.4, 0.5) is 0 Å². The van der Waals surface area contributed by atoms with Gasteiger partial charge in [0.05, 0.1) is 6.61 Å². The maximum absolute atomic E-state index is 8.94. The van der Waals surface area contributed by atoms with Crippen LogP contribution in [-0.4, -0.2) is 5.11 Å². The van der Waals surface area contributed by atoms with Crippen LogP contribution in [0.15, 0.2) is 40.9 Å². The van der Waals surface area contributed by atoms with Crippen molar-refractivity contribution in [1.29, 1.82) is 0 Å². The molecule has 0 saturated carbocycles. The Kier molecular flexibility index (Phi) is 4.79. The van der Waals surface area contributed by atoms with Gasteiger partial charge in [0, 0.05) is 0 Å². The van der Waals surface area contributed by atoms with E-state index in [1.807, 2.05) is 44.2 Å². The molecule has 0 aliphatic rings. The molecule has 1 N–H and O–H groups in total. The second kappa shape index (κ2) is 5.89. The molecule has 0 amide bonds. The fraction of sp³-hybridized carbons (Fsp3) is 0.231. The molecule has 0 aliphatic heterocycles. The topological polar surface area (TPSA) is 20.2 Å². The Morgan fingerprint density at radius 2 is 1.93 bits per heavy atom. The van der Waals surface area contributed by atoms with E-state index >= 15 is 0 Å². The highest BCUT2D eigenvalue weighted by Crippen LogP contribution is 2.24. The number of rotatable bonds is 3. The lowest BCUT2D eigenvalue weighted by molar-refractivity contribution is 0.282. The summed E-state index contributed by atoms with van der Waals surface area (Å²) in [6.45, 7) is 4.11. The summed E-state index contributed by atoms with van der Waals surface area (Å²) >= 11 is 3.49. The molecule has 1 aromatic rings. The molecule has 0 unspecified atom stereocenters. The molecule has 0 saturated heterocycles. The van der Waals surface area contributed by atoms with Crippen molar-refractivity contribution in [3.63, 3.8) is 0 Å². The van der Waals surface area contributed by atoms with Crippen molar-refractivity contribution in [1.82, 2.24) is 0 Å². The molecule has 1 rings (SSSR count). The SMILES string of the molecule is C/C=C\C(=C(/C)Br)c1ccc(CO)cc1. The van der Waals surface area contributed by atoms with E-state index in [-0.39, 0.29) is 6.61 Å². The van der Waals surface area contributed by atoms with E-state index < -0.39 is 0 Å². The zero-order valence-corrected chi connectivity index (χ0v) is 10.6. The maximum atomic E-state index is 8.94. The number of aliphatic hydroxyl groups is 1. The fourth-order valence-electron chi connectivity index (χ4n) is 1.37. The van der Waals surface area contributed by atoms with Crippen LogP contribution in [0.25, 0.3) is 5.57 Å². The average molecular weight is 267 g/mol. The van der Waals surface area contributed by atoms with Gasteiger partial charge in [0.1, 0.15) is 0 Å². The maximum Gasteiger partial charge on any atom is 0.0681 e. The third kappa shape index (κ3) is 3.33. The van der Waals surface area contributed by atoms with Crippen LogP contribution in [0, 0.1) is 0 Å². The van der Waals surface area contributed by atoms with Gasteiger partial charge >= 0.3 is 0 Å². The van der Waals surface area contributed by atoms with Crippen LogP contribution < -0.4 is 0 Å². The lowest BCUT2D eigenvalue weighted by Crippen LogP contribution is -1.86. The summed E-state index contributed by atoms with van der Waals surface area (Å²) < 4.78 is 1.11. The summed E-state index contributed by atoms with van der Waals surface area (Å²) in [5.41, 5.74) is 3.26. The Morgan fingerprint density at radius 3 is 2.33 bits per heavy atom. The predicted molar refractivity (Wildman–Crippen MR) is 68.7 cm³/mol. The Hall–Kier alpha value is -0.860. The highest BCUT2D eigenvalue weighted by Gasteiger charge is 2.00. The largest absolute Gasteiger partial charge is 0.392 e. The van der Waals surface area contributed by atoms with Crippen LogP contribution in [0.5, 0.6) is 0 Å². The molecule has 0 aromatic heterocycles. The van der Waals surface area contributed by atoms with Gasteiger partial charge in [0.25, 0.3) is 0 Å². The van der Waals surface area contributed by atoms with Crippen LogP contribution >= 0.6 is 15.9 Å². The molecule has 0 spiro atoms. The van der Waals surface area contributed by atoms with E-state index in [2.05, 4.69) is 22.0 Å². The minimum absolute atomic E-state index is 0.0935. The first-order chi connectivity index (χ1) is 7.19. The molecule has 1 nitrogen and oxygen atoms in total. The second-order valence-corrected chi connectivity index (χ2v) is 4.49. The number of hydrogen-bond acceptors (Lipinski definition) is 1. The molecule has 2 heteroatoms. The predicted octanol–water partition coefficient (Wildman–Crippen LogP) is 3.88. The van der Waals surface area contributed by atoms with Crippen LogP contribution in [0.2, 0.25) is 0 Å². The van der Waals surface area contributed by atoms with Gasteiger partial charge in [-0.2, -0.15) is 0 Å². The van der Waals surface area contributed by atoms with E-state index in [9.17, 15) is 0 Å². The van der Waals surface area contributed by atoms with Gasteiger partial charge in [-0.05, 0) is 35.0 Å². The molecule has 0 aliphatic carbocycles. The van der Waals surface area contributed by atoms with Crippen molar-refractivity contribution in [2.75, 3.05) is 0 Å². The third-order valence-corrected chi connectivity index (χ3v) is 2.58. The smallest absolute Gasteiger partial charge is 0.0681 e. The minimum Gasteiger partial charge on any atom is -0.392 e. The number of aliphatic hydroxyl groups excluding tert-OH is 1. The van der Waals surface area contributed by atoms with E-state index in [1.54, 1.807) is 0 Å². The Bertz CT molecular complexity index is 370. The highest BCUT2D eigenvalue weighted by atomic mass is 79.9. The normalized spacial score (nSPS) is 13.1. The van der Waals surface area contributed by atoms with Crippen molar-refractivity contribution in [2.24, 2.45) is 0 Å². The Labute approximate surface area is 99.3 Å². The van der Waals surface area contributed by atoms with Gasteiger partial charge in [-0.15, -0.1) is 0 Å². The molecule has 0 radical (unpaired) electrons. The highest BCUT2D eigenvalue weighted by molar-refractivity contribution is 9.11. The van der Waals surface area contributed by atoms with Gasteiger partial charge in [-0.25, -0.2) is 0 Å². The minimum atomic E-state index is 0.0935. The summed E-state index contributed by atoms with van der Waals surface area (Å²) in [5, 5.41) is 8.94. The summed E-state index contributed by atoms with van der Waals surface area (Å²) in [7, 11) is 0. The van der Waals surface area contributed by atoms with Gasteiger partial charge < -0.3 is 5.11 Å². The van der Waals surface area contributed by atoms with Crippen molar-refractivity contribution >= 4 is 21.5 Å². The molecule has 1 aromatic carbocycles. The zero-order chi connectivity index (χ0) is 11.3. The molecule has 0 bridgehead atoms. The van der Waals surface area contributed by atoms with Crippen molar-refractivity contribution in [2.45, 2.75) is 20.5 Å². The van der Waals surface area contributed by atoms with Gasteiger partial charge in [0.15, 0.2) is 0 Å². The number of hydrogen-bond donors (Lipinski definition) is 1. The third-order valence-electron chi connectivity index (χ3n) is 2.15. The quantitative estimate of drug-likeness (QED) is 0.824. The van der Waals surface area contributed by atoms with Gasteiger partial charge in [0.2, 0.25) is 0 Å². The summed E-state index contributed by atoms with van der Waals surface area (Å²) in [6, 6.07) is 7.92. The van der Waals surface area contributed by atoms with Crippen LogP contribution in [-0.2, 0) is 6.61 Å². The van der Waals surface area contributed by atoms with Crippen molar-refractivity contribution in [3.05, 3.63) is 52.0 Å². The lowest BCUT2D eigenvalue weighted by atomic mass is 10.0. The van der Waals surface area contributed by atoms with Crippen LogP contribution in [0.3, 0.4) is 0 Å². The molecular weight excluding hydrogens is 252 g/mol. The van der Waals surface area contributed by atoms with Crippen LogP contribution in [0.1, 0.15) is 25.0 Å². The molecule has 80 valence electrons. The number of benzene rings is 1. The lowest BCUT2D eigenvalue weighted by Gasteiger charge is -2.05. The molecule has 0 atom stereocenters. The second-order valence-electron chi connectivity index (χ2n) is 3.30. The van der Waals surface area contributed by atoms with E-state index in [0.29, 0.717) is 0 Å². The fourth-order valence-corrected chi connectivity index (χ4v) is 1.73. The average Bonchev–Trinajstić information content (AvgIpc) is 2.26. The Balaban J connectivity index is 3.09. The van der Waals surface area contributed by atoms with Crippen molar-refractivity contribution < 1.29 is 5.11 Å². The summed E-state index contributed by atoms with van der Waals surface area (Å²) in [5.74, 6) is 0. The summed E-state index contributed by atoms with van der Waals surface area (Å²) in [4.78, 5) is 0. The Morgan fingerprint density at radius 1 is 1.33 bits per heavy atom. The monoisotopic (exact) mass is 266 g/mol. The number of allylic oxidation sites excluding steroid dienone is 4. The first kappa shape index (κ1) is 12.2. The summed E-state index contributed by atoms with van der Waals surface area (Å²) in [6.07, 6.45) is 4.08. The van der Waals surface area contributed by atoms with E-state index in [4.69, 9.17) is 5.11 Å². The molecule has 0 heterocycles. The van der Waals surface area contributed by atoms with Crippen molar-refractivity contribution in [3.8, 4) is 0 Å². The first-order valence-corrected chi connectivity index (χ1v) is 5.67. The van der Waals surface area contributed by atoms with Gasteiger partial charge in [-0.1, -0.05) is 52.3 Å². The zero-order valence-electron chi connectivity index (χ0n) is 9.00. The standard InChI is InChI=1S/C13H15BrO/c1-3-4-13(10(2)14)12-7-5-11(9-15)6-8-12/h3-8,15H,9H2,1-2H3/b4-3-,13-10-. The number of halogens is 1. The van der Waals surface area contributed by atoms with E-state index in [1.165, 1.54) is 5.57 Å². The molecule has 0 fully saturated rings. The first-order valence-electron chi connectivity index (χ1n) is 4.88. The molecule has 15 heavy (non-hydrogen) atoms. The van der Waals surface area contributed by atoms with Gasteiger partial charge in [-0.3, -0.25) is 0 Å².